The van der Waals surface area contributed by atoms with Gasteiger partial charge in [-0.25, -0.2) is 4.39 Å². The maximum Gasteiger partial charge on any atom is 0.305 e. The number of ether oxygens (including phenoxy) is 1. The summed E-state index contributed by atoms with van der Waals surface area (Å²) < 4.78 is 18.2. The predicted molar refractivity (Wildman–Crippen MR) is 73.7 cm³/mol. The quantitative estimate of drug-likeness (QED) is 0.919. The summed E-state index contributed by atoms with van der Waals surface area (Å²) in [4.78, 5) is 24.6. The van der Waals surface area contributed by atoms with Crippen LogP contribution in [-0.4, -0.2) is 47.7 Å². The van der Waals surface area contributed by atoms with Gasteiger partial charge in [-0.1, -0.05) is 17.7 Å². The molecule has 1 aromatic rings. The maximum atomic E-state index is 13.0. The molecule has 2 rings (SSSR count). The molecule has 1 aliphatic rings. The van der Waals surface area contributed by atoms with Crippen LogP contribution in [-0.2, 0) is 20.7 Å². The van der Waals surface area contributed by atoms with Gasteiger partial charge in [-0.15, -0.1) is 0 Å². The average Bonchev–Trinajstić information content (AvgIpc) is 2.42. The molecular formula is C14H15ClFNO4. The monoisotopic (exact) mass is 315 g/mol. The Morgan fingerprint density at radius 1 is 1.48 bits per heavy atom. The molecule has 1 unspecified atom stereocenters. The molecule has 1 fully saturated rings. The Hall–Kier alpha value is -1.66. The molecule has 7 heteroatoms. The first kappa shape index (κ1) is 15.7. The van der Waals surface area contributed by atoms with Gasteiger partial charge in [0.1, 0.15) is 5.82 Å². The summed E-state index contributed by atoms with van der Waals surface area (Å²) in [6, 6.07) is 3.37. The molecule has 1 aromatic carbocycles. The van der Waals surface area contributed by atoms with Crippen LogP contribution in [0.3, 0.4) is 0 Å². The van der Waals surface area contributed by atoms with Gasteiger partial charge in [0.15, 0.2) is 0 Å². The number of carboxylic acids is 1. The number of rotatable bonds is 4. The van der Waals surface area contributed by atoms with Crippen molar-refractivity contribution in [3.8, 4) is 0 Å². The molecule has 0 aromatic heterocycles. The largest absolute Gasteiger partial charge is 0.481 e. The van der Waals surface area contributed by atoms with Crippen molar-refractivity contribution in [3.63, 3.8) is 0 Å². The Morgan fingerprint density at radius 3 is 2.90 bits per heavy atom. The van der Waals surface area contributed by atoms with E-state index in [1.54, 1.807) is 0 Å². The number of carbonyl (C=O) groups excluding carboxylic acids is 1. The summed E-state index contributed by atoms with van der Waals surface area (Å²) in [6.45, 7) is 0.920. The standard InChI is InChI=1S/C14H15ClFNO4/c15-12-6-10(16)2-1-9(12)5-13(18)17-3-4-21-8-11(17)7-14(19)20/h1-2,6,11H,3-5,7-8H2,(H,19,20). The van der Waals surface area contributed by atoms with E-state index in [0.29, 0.717) is 18.7 Å². The fraction of sp³-hybridized carbons (Fsp3) is 0.429. The molecule has 1 N–H and O–H groups in total. The van der Waals surface area contributed by atoms with Gasteiger partial charge in [0.05, 0.1) is 32.1 Å². The molecule has 5 nitrogen and oxygen atoms in total. The van der Waals surface area contributed by atoms with Crippen LogP contribution in [0.5, 0.6) is 0 Å². The van der Waals surface area contributed by atoms with Crippen molar-refractivity contribution in [1.82, 2.24) is 4.90 Å². The summed E-state index contributed by atoms with van der Waals surface area (Å²) in [7, 11) is 0. The van der Waals surface area contributed by atoms with Gasteiger partial charge < -0.3 is 14.7 Å². The third-order valence-corrected chi connectivity index (χ3v) is 3.67. The summed E-state index contributed by atoms with van der Waals surface area (Å²) in [6.07, 6.45) is -0.155. The minimum absolute atomic E-state index is 0.00916. The van der Waals surface area contributed by atoms with Crippen LogP contribution in [0.15, 0.2) is 18.2 Å². The smallest absolute Gasteiger partial charge is 0.305 e. The van der Waals surface area contributed by atoms with Crippen molar-refractivity contribution in [2.75, 3.05) is 19.8 Å². The van der Waals surface area contributed by atoms with E-state index >= 15 is 0 Å². The van der Waals surface area contributed by atoms with E-state index in [2.05, 4.69) is 0 Å². The van der Waals surface area contributed by atoms with Crippen LogP contribution >= 0.6 is 11.6 Å². The Bertz CT molecular complexity index is 552. The number of carbonyl (C=O) groups is 2. The van der Waals surface area contributed by atoms with Gasteiger partial charge in [-0.3, -0.25) is 9.59 Å². The number of halogens is 2. The highest BCUT2D eigenvalue weighted by atomic mass is 35.5. The van der Waals surface area contributed by atoms with Crippen LogP contribution in [0.4, 0.5) is 4.39 Å². The molecular weight excluding hydrogens is 301 g/mol. The number of hydrogen-bond donors (Lipinski definition) is 1. The van der Waals surface area contributed by atoms with Gasteiger partial charge in [-0.2, -0.15) is 0 Å². The topological polar surface area (TPSA) is 66.8 Å². The van der Waals surface area contributed by atoms with Crippen molar-refractivity contribution in [2.45, 2.75) is 18.9 Å². The molecule has 1 amide bonds. The Labute approximate surface area is 126 Å². The molecule has 0 saturated carbocycles. The molecule has 0 radical (unpaired) electrons. The van der Waals surface area contributed by atoms with Crippen molar-refractivity contribution in [1.29, 1.82) is 0 Å². The minimum atomic E-state index is -0.983. The molecule has 0 spiro atoms. The van der Waals surface area contributed by atoms with E-state index in [1.165, 1.54) is 17.0 Å². The zero-order chi connectivity index (χ0) is 15.4. The fourth-order valence-electron chi connectivity index (χ4n) is 2.28. The van der Waals surface area contributed by atoms with Crippen LogP contribution < -0.4 is 0 Å². The second kappa shape index (κ2) is 6.87. The second-order valence-corrected chi connectivity index (χ2v) is 5.23. The van der Waals surface area contributed by atoms with Crippen molar-refractivity contribution in [3.05, 3.63) is 34.6 Å². The lowest BCUT2D eigenvalue weighted by atomic mass is 10.1. The number of nitrogens with zero attached hydrogens (tertiary/aromatic N) is 1. The van der Waals surface area contributed by atoms with E-state index in [9.17, 15) is 14.0 Å². The van der Waals surface area contributed by atoms with Crippen LogP contribution in [0, 0.1) is 5.82 Å². The first-order chi connectivity index (χ1) is 9.97. The highest BCUT2D eigenvalue weighted by Crippen LogP contribution is 2.20. The van der Waals surface area contributed by atoms with Crippen molar-refractivity contribution in [2.24, 2.45) is 0 Å². The second-order valence-electron chi connectivity index (χ2n) is 4.83. The SMILES string of the molecule is O=C(O)CC1COCCN1C(=O)Cc1ccc(F)cc1Cl. The third kappa shape index (κ3) is 4.15. The minimum Gasteiger partial charge on any atom is -0.481 e. The van der Waals surface area contributed by atoms with Crippen LogP contribution in [0.1, 0.15) is 12.0 Å². The molecule has 0 bridgehead atoms. The van der Waals surface area contributed by atoms with E-state index in [4.69, 9.17) is 21.4 Å². The molecule has 1 atom stereocenters. The summed E-state index contributed by atoms with van der Waals surface area (Å²) in [5.74, 6) is -1.69. The molecule has 21 heavy (non-hydrogen) atoms. The van der Waals surface area contributed by atoms with Crippen LogP contribution in [0.2, 0.25) is 5.02 Å². The van der Waals surface area contributed by atoms with E-state index < -0.39 is 17.8 Å². The van der Waals surface area contributed by atoms with E-state index in [-0.39, 0.29) is 30.4 Å². The van der Waals surface area contributed by atoms with Crippen molar-refractivity contribution >= 4 is 23.5 Å². The lowest BCUT2D eigenvalue weighted by Crippen LogP contribution is -2.50. The Kier molecular flexibility index (Phi) is 5.14. The third-order valence-electron chi connectivity index (χ3n) is 3.31. The summed E-state index contributed by atoms with van der Waals surface area (Å²) >= 11 is 5.90. The molecule has 1 saturated heterocycles. The number of carboxylic acid groups (broad SMARTS) is 1. The number of aliphatic carboxylic acids is 1. The van der Waals surface area contributed by atoms with E-state index in [1.807, 2.05) is 0 Å². The van der Waals surface area contributed by atoms with Gasteiger partial charge >= 0.3 is 5.97 Å². The number of morpholine rings is 1. The lowest BCUT2D eigenvalue weighted by molar-refractivity contribution is -0.145. The van der Waals surface area contributed by atoms with Gasteiger partial charge in [0.2, 0.25) is 5.91 Å². The molecule has 1 heterocycles. The molecule has 1 aliphatic heterocycles. The summed E-state index contributed by atoms with van der Waals surface area (Å²) in [5, 5.41) is 9.06. The number of benzene rings is 1. The zero-order valence-corrected chi connectivity index (χ0v) is 12.0. The van der Waals surface area contributed by atoms with Crippen LogP contribution in [0.25, 0.3) is 0 Å². The normalized spacial score (nSPS) is 18.6. The summed E-state index contributed by atoms with van der Waals surface area (Å²) in [5.41, 5.74) is 0.517. The average molecular weight is 316 g/mol. The molecule has 114 valence electrons. The Morgan fingerprint density at radius 2 is 2.24 bits per heavy atom. The Balaban J connectivity index is 2.08. The van der Waals surface area contributed by atoms with E-state index in [0.717, 1.165) is 6.07 Å². The highest BCUT2D eigenvalue weighted by Gasteiger charge is 2.29. The highest BCUT2D eigenvalue weighted by molar-refractivity contribution is 6.31. The number of amides is 1. The number of hydrogen-bond acceptors (Lipinski definition) is 3. The van der Waals surface area contributed by atoms with Gasteiger partial charge in [0.25, 0.3) is 0 Å². The van der Waals surface area contributed by atoms with Crippen molar-refractivity contribution < 1.29 is 23.8 Å². The fourth-order valence-corrected chi connectivity index (χ4v) is 2.52. The van der Waals surface area contributed by atoms with Gasteiger partial charge in [-0.05, 0) is 17.7 Å². The maximum absolute atomic E-state index is 13.0. The van der Waals surface area contributed by atoms with Gasteiger partial charge in [0, 0.05) is 11.6 Å². The lowest BCUT2D eigenvalue weighted by Gasteiger charge is -2.35. The predicted octanol–water partition coefficient (Wildman–Crippen LogP) is 1.72. The first-order valence-corrected chi connectivity index (χ1v) is 6.88. The zero-order valence-electron chi connectivity index (χ0n) is 11.2. The molecule has 0 aliphatic carbocycles. The first-order valence-electron chi connectivity index (χ1n) is 6.50.